The Morgan fingerprint density at radius 1 is 1.04 bits per heavy atom. The molecule has 0 atom stereocenters. The highest BCUT2D eigenvalue weighted by Crippen LogP contribution is 2.17. The summed E-state index contributed by atoms with van der Waals surface area (Å²) in [7, 11) is 0. The lowest BCUT2D eigenvalue weighted by molar-refractivity contribution is 1.09. The second-order valence-corrected chi connectivity index (χ2v) is 6.90. The van der Waals surface area contributed by atoms with Crippen molar-refractivity contribution in [2.75, 3.05) is 0 Å². The van der Waals surface area contributed by atoms with Gasteiger partial charge < -0.3 is 0 Å². The average molecular weight is 384 g/mol. The first-order valence-corrected chi connectivity index (χ1v) is 8.54. The number of halogens is 1. The van der Waals surface area contributed by atoms with Crippen LogP contribution in [0.5, 0.6) is 0 Å². The zero-order valence-electron chi connectivity index (χ0n) is 11.8. The second-order valence-electron chi connectivity index (χ2n) is 4.98. The van der Waals surface area contributed by atoms with E-state index in [4.69, 9.17) is 0 Å². The first-order valence-electron chi connectivity index (χ1n) is 6.93. The molecule has 4 aromatic rings. The van der Waals surface area contributed by atoms with Gasteiger partial charge in [0.15, 0.2) is 5.82 Å². The maximum Gasteiger partial charge on any atom is 0.276 e. The van der Waals surface area contributed by atoms with Crippen LogP contribution >= 0.6 is 27.3 Å². The fraction of sp³-hybridized carbons (Fsp3) is 0. The van der Waals surface area contributed by atoms with Gasteiger partial charge in [-0.2, -0.15) is 0 Å². The highest BCUT2D eigenvalue weighted by Gasteiger charge is 2.13. The van der Waals surface area contributed by atoms with Crippen molar-refractivity contribution < 1.29 is 0 Å². The van der Waals surface area contributed by atoms with E-state index in [1.165, 1.54) is 11.3 Å². The summed E-state index contributed by atoms with van der Waals surface area (Å²) >= 11 is 4.79. The van der Waals surface area contributed by atoms with Crippen LogP contribution in [0.1, 0.15) is 5.56 Å². The second kappa shape index (κ2) is 5.72. The average Bonchev–Trinajstić information content (AvgIpc) is 3.10. The molecule has 0 aliphatic carbocycles. The Kier molecular flexibility index (Phi) is 3.55. The minimum Gasteiger partial charge on any atom is -0.267 e. The van der Waals surface area contributed by atoms with Crippen molar-refractivity contribution in [3.8, 4) is 11.4 Å². The molecular formula is C17H10BrN3OS. The topological polar surface area (TPSA) is 47.3 Å². The summed E-state index contributed by atoms with van der Waals surface area (Å²) in [5, 5.41) is 8.29. The van der Waals surface area contributed by atoms with Crippen LogP contribution in [0.3, 0.4) is 0 Å². The number of hydrogen-bond donors (Lipinski definition) is 0. The zero-order valence-corrected chi connectivity index (χ0v) is 14.2. The maximum atomic E-state index is 12.7. The number of rotatable bonds is 2. The van der Waals surface area contributed by atoms with E-state index in [2.05, 4.69) is 26.1 Å². The van der Waals surface area contributed by atoms with E-state index in [9.17, 15) is 4.79 Å². The van der Waals surface area contributed by atoms with Gasteiger partial charge in [-0.05, 0) is 23.8 Å². The first-order chi connectivity index (χ1) is 11.2. The molecule has 2 aromatic heterocycles. The molecule has 0 fully saturated rings. The van der Waals surface area contributed by atoms with Crippen LogP contribution in [0.25, 0.3) is 22.4 Å². The monoisotopic (exact) mass is 383 g/mol. The summed E-state index contributed by atoms with van der Waals surface area (Å²) in [5.41, 5.74) is 1.76. The molecule has 2 aromatic carbocycles. The van der Waals surface area contributed by atoms with Crippen molar-refractivity contribution in [2.24, 2.45) is 0 Å². The molecule has 0 aliphatic heterocycles. The molecule has 0 radical (unpaired) electrons. The van der Waals surface area contributed by atoms with Gasteiger partial charge in [-0.3, -0.25) is 4.79 Å². The van der Waals surface area contributed by atoms with Crippen molar-refractivity contribution in [3.05, 3.63) is 79.5 Å². The van der Waals surface area contributed by atoms with Gasteiger partial charge in [0.25, 0.3) is 5.56 Å². The van der Waals surface area contributed by atoms with Gasteiger partial charge in [-0.15, -0.1) is 10.2 Å². The zero-order chi connectivity index (χ0) is 15.8. The predicted octanol–water partition coefficient (Wildman–Crippen LogP) is 3.13. The molecule has 0 N–H and O–H groups in total. The molecule has 4 nitrogen and oxygen atoms in total. The summed E-state index contributed by atoms with van der Waals surface area (Å²) in [4.78, 5) is 13.3. The number of hydrogen-bond acceptors (Lipinski definition) is 4. The minimum atomic E-state index is -0.0890. The lowest BCUT2D eigenvalue weighted by Gasteiger charge is -1.95. The number of fused-ring (bicyclic) bond motifs is 1. The first kappa shape index (κ1) is 14.3. The molecule has 6 heteroatoms. The van der Waals surface area contributed by atoms with Crippen LogP contribution in [0.15, 0.2) is 63.9 Å². The Morgan fingerprint density at radius 3 is 2.65 bits per heavy atom. The highest BCUT2D eigenvalue weighted by atomic mass is 79.9. The highest BCUT2D eigenvalue weighted by molar-refractivity contribution is 9.10. The lowest BCUT2D eigenvalue weighted by atomic mass is 10.2. The van der Waals surface area contributed by atoms with Crippen molar-refractivity contribution in [2.45, 2.75) is 0 Å². The number of aromatic nitrogens is 3. The Hall–Kier alpha value is -2.31. The van der Waals surface area contributed by atoms with Crippen LogP contribution < -0.4 is 10.1 Å². The summed E-state index contributed by atoms with van der Waals surface area (Å²) in [6, 6.07) is 17.4. The molecule has 0 saturated heterocycles. The lowest BCUT2D eigenvalue weighted by Crippen LogP contribution is -2.23. The van der Waals surface area contributed by atoms with Crippen LogP contribution in [-0.2, 0) is 0 Å². The van der Waals surface area contributed by atoms with Crippen LogP contribution in [0.4, 0.5) is 0 Å². The molecule has 23 heavy (non-hydrogen) atoms. The third-order valence-corrected chi connectivity index (χ3v) is 4.88. The number of benzene rings is 2. The van der Waals surface area contributed by atoms with Gasteiger partial charge in [-0.1, -0.05) is 69.7 Å². The fourth-order valence-corrected chi connectivity index (χ4v) is 3.71. The smallest absolute Gasteiger partial charge is 0.267 e. The summed E-state index contributed by atoms with van der Waals surface area (Å²) in [5.74, 6) is 0.579. The van der Waals surface area contributed by atoms with Crippen LogP contribution in [0, 0.1) is 0 Å². The third kappa shape index (κ3) is 2.60. The third-order valence-electron chi connectivity index (χ3n) is 3.43. The van der Waals surface area contributed by atoms with Gasteiger partial charge in [0.2, 0.25) is 4.96 Å². The van der Waals surface area contributed by atoms with Crippen molar-refractivity contribution in [1.82, 2.24) is 14.6 Å². The van der Waals surface area contributed by atoms with E-state index < -0.39 is 0 Å². The van der Waals surface area contributed by atoms with Crippen molar-refractivity contribution in [3.63, 3.8) is 0 Å². The molecule has 4 rings (SSSR count). The molecule has 0 spiro atoms. The Balaban J connectivity index is 1.93. The molecule has 0 aliphatic rings. The normalized spacial score (nSPS) is 12.1. The Morgan fingerprint density at radius 2 is 1.87 bits per heavy atom. The van der Waals surface area contributed by atoms with E-state index in [0.717, 1.165) is 15.6 Å². The van der Waals surface area contributed by atoms with E-state index in [1.54, 1.807) is 4.40 Å². The SMILES string of the molecule is O=c1c(=Cc2cccc(Br)c2)sc2nnc(-c3ccccc3)n12. The van der Waals surface area contributed by atoms with Gasteiger partial charge in [0.1, 0.15) is 0 Å². The maximum absolute atomic E-state index is 12.7. The summed E-state index contributed by atoms with van der Waals surface area (Å²) in [6.07, 6.45) is 1.88. The van der Waals surface area contributed by atoms with Gasteiger partial charge in [-0.25, -0.2) is 4.40 Å². The fourth-order valence-electron chi connectivity index (χ4n) is 2.38. The van der Waals surface area contributed by atoms with Gasteiger partial charge in [0.05, 0.1) is 4.53 Å². The van der Waals surface area contributed by atoms with Crippen LogP contribution in [-0.4, -0.2) is 14.6 Å². The van der Waals surface area contributed by atoms with Crippen molar-refractivity contribution in [1.29, 1.82) is 0 Å². The summed E-state index contributed by atoms with van der Waals surface area (Å²) in [6.45, 7) is 0. The standard InChI is InChI=1S/C17H10BrN3OS/c18-13-8-4-5-11(9-13)10-14-16(22)21-15(19-20-17(21)23-14)12-6-2-1-3-7-12/h1-10H. The molecule has 0 amide bonds. The van der Waals surface area contributed by atoms with Gasteiger partial charge >= 0.3 is 0 Å². The minimum absolute atomic E-state index is 0.0890. The molecule has 0 unspecified atom stereocenters. The Bertz CT molecular complexity index is 1100. The molecule has 0 bridgehead atoms. The van der Waals surface area contributed by atoms with E-state index in [1.807, 2.05) is 60.7 Å². The van der Waals surface area contributed by atoms with Crippen molar-refractivity contribution >= 4 is 38.3 Å². The Labute approximate surface area is 143 Å². The van der Waals surface area contributed by atoms with E-state index in [-0.39, 0.29) is 5.56 Å². The quantitative estimate of drug-likeness (QED) is 0.534. The summed E-state index contributed by atoms with van der Waals surface area (Å²) < 4.78 is 3.20. The largest absolute Gasteiger partial charge is 0.276 e. The van der Waals surface area contributed by atoms with Crippen LogP contribution in [0.2, 0.25) is 0 Å². The molecule has 0 saturated carbocycles. The van der Waals surface area contributed by atoms with Gasteiger partial charge in [0, 0.05) is 10.0 Å². The number of thiazole rings is 1. The molecule has 112 valence electrons. The molecular weight excluding hydrogens is 374 g/mol. The predicted molar refractivity (Wildman–Crippen MR) is 95.5 cm³/mol. The number of nitrogens with zero attached hydrogens (tertiary/aromatic N) is 3. The van der Waals surface area contributed by atoms with E-state index in [0.29, 0.717) is 15.3 Å². The van der Waals surface area contributed by atoms with E-state index >= 15 is 0 Å². The molecule has 2 heterocycles.